The van der Waals surface area contributed by atoms with Crippen LogP contribution in [-0.2, 0) is 11.3 Å². The molecule has 1 unspecified atom stereocenters. The van der Waals surface area contributed by atoms with Crippen molar-refractivity contribution in [3.63, 3.8) is 0 Å². The van der Waals surface area contributed by atoms with Crippen LogP contribution in [0.2, 0.25) is 0 Å². The first-order valence-electron chi connectivity index (χ1n) is 6.01. The molecule has 0 amide bonds. The molecule has 3 nitrogen and oxygen atoms in total. The second-order valence-electron chi connectivity index (χ2n) is 4.54. The summed E-state index contributed by atoms with van der Waals surface area (Å²) >= 11 is 0. The Kier molecular flexibility index (Phi) is 5.56. The number of aromatic nitrogens is 1. The van der Waals surface area contributed by atoms with Gasteiger partial charge in [-0.3, -0.25) is 0 Å². The zero-order valence-corrected chi connectivity index (χ0v) is 10.9. The van der Waals surface area contributed by atoms with Gasteiger partial charge < -0.3 is 14.6 Å². The lowest BCUT2D eigenvalue weighted by Gasteiger charge is -2.18. The first-order chi connectivity index (χ1) is 7.69. The Balaban J connectivity index is 2.55. The first kappa shape index (κ1) is 13.3. The van der Waals surface area contributed by atoms with E-state index in [2.05, 4.69) is 42.2 Å². The summed E-state index contributed by atoms with van der Waals surface area (Å²) in [5.41, 5.74) is 1.37. The third-order valence-corrected chi connectivity index (χ3v) is 2.87. The van der Waals surface area contributed by atoms with Crippen LogP contribution in [-0.4, -0.2) is 25.3 Å². The average molecular weight is 224 g/mol. The monoisotopic (exact) mass is 224 g/mol. The Bertz CT molecular complexity index is 294. The smallest absolute Gasteiger partial charge is 0.0479 e. The molecule has 0 aliphatic heterocycles. The minimum atomic E-state index is 0.448. The Morgan fingerprint density at radius 2 is 2.19 bits per heavy atom. The normalized spacial score (nSPS) is 13.3. The third kappa shape index (κ3) is 3.65. The van der Waals surface area contributed by atoms with E-state index in [1.54, 1.807) is 7.11 Å². The number of hydrogen-bond acceptors (Lipinski definition) is 2. The van der Waals surface area contributed by atoms with Crippen LogP contribution in [0.25, 0.3) is 0 Å². The minimum absolute atomic E-state index is 0.448. The lowest BCUT2D eigenvalue weighted by Crippen LogP contribution is -2.21. The number of nitrogens with one attached hydrogen (secondary N) is 1. The molecule has 0 aromatic carbocycles. The van der Waals surface area contributed by atoms with Gasteiger partial charge in [0.25, 0.3) is 0 Å². The molecule has 0 aliphatic rings. The summed E-state index contributed by atoms with van der Waals surface area (Å²) in [4.78, 5) is 0. The number of hydrogen-bond donors (Lipinski definition) is 1. The molecule has 3 heteroatoms. The molecule has 1 N–H and O–H groups in total. The molecule has 1 aromatic rings. The summed E-state index contributed by atoms with van der Waals surface area (Å²) in [5.74, 6) is 0.611. The second-order valence-corrected chi connectivity index (χ2v) is 4.54. The van der Waals surface area contributed by atoms with Crippen molar-refractivity contribution in [1.82, 2.24) is 9.88 Å². The van der Waals surface area contributed by atoms with E-state index in [4.69, 9.17) is 4.74 Å². The highest BCUT2D eigenvalue weighted by atomic mass is 16.5. The second kappa shape index (κ2) is 6.71. The predicted molar refractivity (Wildman–Crippen MR) is 67.6 cm³/mol. The van der Waals surface area contributed by atoms with Crippen LogP contribution in [0, 0.1) is 5.92 Å². The number of aryl methyl sites for hydroxylation is 1. The fourth-order valence-electron chi connectivity index (χ4n) is 2.06. The summed E-state index contributed by atoms with van der Waals surface area (Å²) in [6, 6.07) is 2.65. The highest BCUT2D eigenvalue weighted by Gasteiger charge is 2.14. The van der Waals surface area contributed by atoms with E-state index in [1.807, 2.05) is 7.05 Å². The Hall–Kier alpha value is -0.800. The van der Waals surface area contributed by atoms with Crippen molar-refractivity contribution >= 4 is 0 Å². The van der Waals surface area contributed by atoms with Gasteiger partial charge in [-0.05, 0) is 31.0 Å². The fraction of sp³-hybridized carbons (Fsp3) is 0.692. The van der Waals surface area contributed by atoms with Crippen LogP contribution in [0.3, 0.4) is 0 Å². The standard InChI is InChI=1S/C13H24N2O/c1-11(2)13(14-3)12-6-8-15(10-12)7-5-9-16-4/h6,8,10-11,13-14H,5,7,9H2,1-4H3. The van der Waals surface area contributed by atoms with Crippen molar-refractivity contribution in [3.8, 4) is 0 Å². The quantitative estimate of drug-likeness (QED) is 0.720. The first-order valence-corrected chi connectivity index (χ1v) is 6.01. The van der Waals surface area contributed by atoms with Gasteiger partial charge in [-0.15, -0.1) is 0 Å². The number of methoxy groups -OCH3 is 1. The van der Waals surface area contributed by atoms with E-state index in [0.29, 0.717) is 12.0 Å². The van der Waals surface area contributed by atoms with Crippen molar-refractivity contribution in [2.45, 2.75) is 32.9 Å². The highest BCUT2D eigenvalue weighted by molar-refractivity contribution is 5.16. The van der Waals surface area contributed by atoms with Gasteiger partial charge in [-0.2, -0.15) is 0 Å². The van der Waals surface area contributed by atoms with Crippen LogP contribution in [0.5, 0.6) is 0 Å². The molecule has 1 atom stereocenters. The van der Waals surface area contributed by atoms with E-state index in [9.17, 15) is 0 Å². The molecular weight excluding hydrogens is 200 g/mol. The highest BCUT2D eigenvalue weighted by Crippen LogP contribution is 2.21. The SMILES string of the molecule is CNC(c1ccn(CCCOC)c1)C(C)C. The molecule has 0 aliphatic carbocycles. The van der Waals surface area contributed by atoms with Gasteiger partial charge >= 0.3 is 0 Å². The van der Waals surface area contributed by atoms with Gasteiger partial charge in [0.15, 0.2) is 0 Å². The zero-order chi connectivity index (χ0) is 12.0. The van der Waals surface area contributed by atoms with E-state index in [-0.39, 0.29) is 0 Å². The van der Waals surface area contributed by atoms with Gasteiger partial charge in [0.1, 0.15) is 0 Å². The topological polar surface area (TPSA) is 26.2 Å². The predicted octanol–water partition coefficient (Wildman–Crippen LogP) is 2.44. The molecule has 0 saturated heterocycles. The summed E-state index contributed by atoms with van der Waals surface area (Å²) in [6.45, 7) is 6.34. The molecule has 0 bridgehead atoms. The Labute approximate surface area is 98.8 Å². The van der Waals surface area contributed by atoms with Crippen molar-refractivity contribution in [1.29, 1.82) is 0 Å². The van der Waals surface area contributed by atoms with E-state index < -0.39 is 0 Å². The van der Waals surface area contributed by atoms with Crippen molar-refractivity contribution in [3.05, 3.63) is 24.0 Å². The van der Waals surface area contributed by atoms with Crippen LogP contribution < -0.4 is 5.32 Å². The summed E-state index contributed by atoms with van der Waals surface area (Å²) in [5, 5.41) is 3.36. The summed E-state index contributed by atoms with van der Waals surface area (Å²) < 4.78 is 7.29. The van der Waals surface area contributed by atoms with Gasteiger partial charge in [0.2, 0.25) is 0 Å². The molecule has 0 fully saturated rings. The van der Waals surface area contributed by atoms with Gasteiger partial charge in [-0.25, -0.2) is 0 Å². The molecule has 16 heavy (non-hydrogen) atoms. The van der Waals surface area contributed by atoms with Crippen molar-refractivity contribution in [2.75, 3.05) is 20.8 Å². The summed E-state index contributed by atoms with van der Waals surface area (Å²) in [6.07, 6.45) is 5.45. The molecule has 0 radical (unpaired) electrons. The molecule has 1 aromatic heterocycles. The molecule has 92 valence electrons. The number of rotatable bonds is 7. The fourth-order valence-corrected chi connectivity index (χ4v) is 2.06. The molecule has 1 heterocycles. The van der Waals surface area contributed by atoms with E-state index in [0.717, 1.165) is 19.6 Å². The van der Waals surface area contributed by atoms with E-state index in [1.165, 1.54) is 5.56 Å². The molecule has 0 spiro atoms. The number of nitrogens with zero attached hydrogens (tertiary/aromatic N) is 1. The van der Waals surface area contributed by atoms with Gasteiger partial charge in [0, 0.05) is 38.7 Å². The lowest BCUT2D eigenvalue weighted by atomic mass is 9.99. The molecular formula is C13H24N2O. The van der Waals surface area contributed by atoms with Gasteiger partial charge in [-0.1, -0.05) is 13.8 Å². The average Bonchev–Trinajstić information content (AvgIpc) is 2.67. The maximum atomic E-state index is 5.05. The van der Waals surface area contributed by atoms with Crippen molar-refractivity contribution < 1.29 is 4.74 Å². The van der Waals surface area contributed by atoms with Crippen LogP contribution in [0.4, 0.5) is 0 Å². The van der Waals surface area contributed by atoms with Crippen molar-refractivity contribution in [2.24, 2.45) is 5.92 Å². The zero-order valence-electron chi connectivity index (χ0n) is 10.9. The maximum Gasteiger partial charge on any atom is 0.0479 e. The van der Waals surface area contributed by atoms with Crippen LogP contribution >= 0.6 is 0 Å². The Morgan fingerprint density at radius 1 is 1.44 bits per heavy atom. The third-order valence-electron chi connectivity index (χ3n) is 2.87. The number of ether oxygens (including phenoxy) is 1. The van der Waals surface area contributed by atoms with Crippen LogP contribution in [0.15, 0.2) is 18.5 Å². The van der Waals surface area contributed by atoms with Gasteiger partial charge in [0.05, 0.1) is 0 Å². The molecule has 1 rings (SSSR count). The minimum Gasteiger partial charge on any atom is -0.385 e. The van der Waals surface area contributed by atoms with E-state index >= 15 is 0 Å². The lowest BCUT2D eigenvalue weighted by molar-refractivity contribution is 0.190. The van der Waals surface area contributed by atoms with Crippen LogP contribution in [0.1, 0.15) is 31.9 Å². The summed E-state index contributed by atoms with van der Waals surface area (Å²) in [7, 11) is 3.77. The maximum absolute atomic E-state index is 5.05. The molecule has 0 saturated carbocycles. The largest absolute Gasteiger partial charge is 0.385 e. The Morgan fingerprint density at radius 3 is 2.75 bits per heavy atom.